The number of allylic oxidation sites excluding steroid dienone is 7. The third-order valence-corrected chi connectivity index (χ3v) is 13.0. The van der Waals surface area contributed by atoms with Gasteiger partial charge in [-0.15, -0.1) is 0 Å². The van der Waals surface area contributed by atoms with E-state index in [2.05, 4.69) is 55.6 Å². The lowest BCUT2D eigenvalue weighted by Gasteiger charge is -2.25. The van der Waals surface area contributed by atoms with Crippen molar-refractivity contribution in [1.29, 1.82) is 0 Å². The first-order valence-corrected chi connectivity index (χ1v) is 28.5. The van der Waals surface area contributed by atoms with Crippen molar-refractivity contribution in [2.75, 3.05) is 40.9 Å². The SMILES string of the molecule is CCCCCCCCCCC/C=C\C/C=C\CCCCCCCCCCCC(=O)NC(COP(=O)(O)OCC[N+](C)(C)C)C(O)/C=C/CC/C=C/CCCCCCCCCCCCC. The molecule has 0 aromatic carbocycles. The summed E-state index contributed by atoms with van der Waals surface area (Å²) >= 11 is 0. The number of unbranched alkanes of at least 4 members (excludes halogenated alkanes) is 30. The van der Waals surface area contributed by atoms with E-state index in [1.54, 1.807) is 6.08 Å². The zero-order valence-corrected chi connectivity index (χ0v) is 43.7. The van der Waals surface area contributed by atoms with Crippen molar-refractivity contribution in [2.24, 2.45) is 0 Å². The lowest BCUT2D eigenvalue weighted by molar-refractivity contribution is -0.870. The number of nitrogens with one attached hydrogen (secondary N) is 1. The predicted molar refractivity (Wildman–Crippen MR) is 277 cm³/mol. The summed E-state index contributed by atoms with van der Waals surface area (Å²) in [5.74, 6) is -0.190. The lowest BCUT2D eigenvalue weighted by atomic mass is 10.0. The van der Waals surface area contributed by atoms with E-state index < -0.39 is 20.0 Å². The minimum Gasteiger partial charge on any atom is -0.387 e. The number of phosphoric acid groups is 1. The molecular formula is C55H106N2O6P+. The second-order valence-corrected chi connectivity index (χ2v) is 21.0. The summed E-state index contributed by atoms with van der Waals surface area (Å²) < 4.78 is 23.6. The molecule has 0 aromatic heterocycles. The fourth-order valence-electron chi connectivity index (χ4n) is 7.74. The molecule has 9 heteroatoms. The zero-order chi connectivity index (χ0) is 47.1. The molecule has 0 radical (unpaired) electrons. The largest absolute Gasteiger partial charge is 0.472 e. The van der Waals surface area contributed by atoms with Crippen LogP contribution in [0.2, 0.25) is 0 Å². The van der Waals surface area contributed by atoms with Crippen LogP contribution in [0, 0.1) is 0 Å². The van der Waals surface area contributed by atoms with E-state index in [1.165, 1.54) is 180 Å². The summed E-state index contributed by atoms with van der Waals surface area (Å²) in [6, 6.07) is -0.866. The Bertz CT molecular complexity index is 1180. The van der Waals surface area contributed by atoms with Crippen molar-refractivity contribution in [3.8, 4) is 0 Å². The first-order valence-electron chi connectivity index (χ1n) is 27.0. The minimum atomic E-state index is -4.35. The van der Waals surface area contributed by atoms with E-state index in [9.17, 15) is 19.4 Å². The van der Waals surface area contributed by atoms with Gasteiger partial charge in [0.1, 0.15) is 13.2 Å². The van der Waals surface area contributed by atoms with Gasteiger partial charge in [0.15, 0.2) is 0 Å². The second kappa shape index (κ2) is 46.6. The molecule has 3 atom stereocenters. The third-order valence-electron chi connectivity index (χ3n) is 12.0. The monoisotopic (exact) mass is 922 g/mol. The van der Waals surface area contributed by atoms with Crippen molar-refractivity contribution in [2.45, 2.75) is 257 Å². The van der Waals surface area contributed by atoms with Gasteiger partial charge in [-0.1, -0.05) is 223 Å². The number of likely N-dealkylation sites (N-methyl/N-ethyl adjacent to an activating group) is 1. The molecule has 1 amide bonds. The van der Waals surface area contributed by atoms with Crippen molar-refractivity contribution in [3.05, 3.63) is 48.6 Å². The molecule has 0 aliphatic heterocycles. The van der Waals surface area contributed by atoms with Crippen molar-refractivity contribution in [3.63, 3.8) is 0 Å². The Kier molecular flexibility index (Phi) is 45.4. The van der Waals surface area contributed by atoms with E-state index in [0.29, 0.717) is 17.4 Å². The van der Waals surface area contributed by atoms with Crippen LogP contribution in [0.4, 0.5) is 0 Å². The van der Waals surface area contributed by atoms with Crippen LogP contribution >= 0.6 is 7.82 Å². The number of hydrogen-bond acceptors (Lipinski definition) is 5. The molecule has 0 saturated heterocycles. The molecule has 0 bridgehead atoms. The van der Waals surface area contributed by atoms with Gasteiger partial charge in [0.25, 0.3) is 0 Å². The van der Waals surface area contributed by atoms with Gasteiger partial charge in [-0.3, -0.25) is 13.8 Å². The van der Waals surface area contributed by atoms with Crippen LogP contribution in [0.1, 0.15) is 245 Å². The summed E-state index contributed by atoms with van der Waals surface area (Å²) in [6.45, 7) is 4.80. The van der Waals surface area contributed by atoms with E-state index in [1.807, 2.05) is 27.2 Å². The van der Waals surface area contributed by atoms with Crippen LogP contribution in [0.5, 0.6) is 0 Å². The maximum atomic E-state index is 12.9. The fraction of sp³-hybridized carbons (Fsp3) is 0.836. The number of amides is 1. The number of rotatable bonds is 49. The normalized spacial score (nSPS) is 14.4. The van der Waals surface area contributed by atoms with E-state index in [4.69, 9.17) is 9.05 Å². The van der Waals surface area contributed by atoms with E-state index >= 15 is 0 Å². The van der Waals surface area contributed by atoms with Crippen LogP contribution < -0.4 is 5.32 Å². The number of carbonyl (C=O) groups is 1. The Balaban J connectivity index is 4.29. The van der Waals surface area contributed by atoms with Crippen molar-refractivity contribution in [1.82, 2.24) is 5.32 Å². The summed E-state index contributed by atoms with van der Waals surface area (Å²) in [6.07, 6.45) is 60.6. The molecule has 64 heavy (non-hydrogen) atoms. The molecule has 0 saturated carbocycles. The van der Waals surface area contributed by atoms with Crippen molar-refractivity contribution >= 4 is 13.7 Å². The van der Waals surface area contributed by atoms with Gasteiger partial charge in [-0.05, 0) is 64.2 Å². The van der Waals surface area contributed by atoms with E-state index in [0.717, 1.165) is 44.9 Å². The topological polar surface area (TPSA) is 105 Å². The molecule has 3 unspecified atom stereocenters. The van der Waals surface area contributed by atoms with Crippen LogP contribution in [0.3, 0.4) is 0 Å². The molecule has 376 valence electrons. The standard InChI is InChI=1S/C55H105N2O6P/c1-6-8-10-12-14-16-18-20-22-24-25-26-27-28-29-30-31-33-35-37-39-41-43-45-47-49-55(59)56-53(52-63-64(60,61)62-51-50-57(3,4)5)54(58)48-46-44-42-40-38-36-34-32-23-21-19-17-15-13-11-9-7-2/h25-26,28-29,38,40,46,48,53-54,58H,6-24,27,30-37,39,41-45,47,49-52H2,1-5H3,(H-,56,59,60,61)/p+1/b26-25-,29-28-,40-38+,48-46+. The number of carbonyl (C=O) groups excluding carboxylic acids is 1. The summed E-state index contributed by atoms with van der Waals surface area (Å²) in [7, 11) is 1.55. The Morgan fingerprint density at radius 3 is 1.34 bits per heavy atom. The van der Waals surface area contributed by atoms with Gasteiger partial charge in [-0.2, -0.15) is 0 Å². The second-order valence-electron chi connectivity index (χ2n) is 19.6. The Labute approximate surface area is 397 Å². The van der Waals surface area contributed by atoms with Gasteiger partial charge in [0, 0.05) is 6.42 Å². The molecule has 0 aromatic rings. The van der Waals surface area contributed by atoms with Gasteiger partial charge in [0.2, 0.25) is 5.91 Å². The lowest BCUT2D eigenvalue weighted by Crippen LogP contribution is -2.45. The van der Waals surface area contributed by atoms with Crippen LogP contribution in [-0.2, 0) is 18.4 Å². The highest BCUT2D eigenvalue weighted by Gasteiger charge is 2.27. The molecule has 0 aliphatic rings. The smallest absolute Gasteiger partial charge is 0.387 e. The average molecular weight is 922 g/mol. The highest BCUT2D eigenvalue weighted by Crippen LogP contribution is 2.43. The Hall–Kier alpha value is -1.54. The third kappa shape index (κ3) is 48.4. The number of hydrogen-bond donors (Lipinski definition) is 3. The molecule has 8 nitrogen and oxygen atoms in total. The number of aliphatic hydroxyl groups excluding tert-OH is 1. The average Bonchev–Trinajstić information content (AvgIpc) is 3.25. The van der Waals surface area contributed by atoms with Crippen LogP contribution in [0.15, 0.2) is 48.6 Å². The Morgan fingerprint density at radius 1 is 0.531 bits per heavy atom. The van der Waals surface area contributed by atoms with E-state index in [-0.39, 0.29) is 19.1 Å². The summed E-state index contributed by atoms with van der Waals surface area (Å²) in [5, 5.41) is 13.9. The fourth-order valence-corrected chi connectivity index (χ4v) is 8.47. The van der Waals surface area contributed by atoms with Crippen LogP contribution in [0.25, 0.3) is 0 Å². The highest BCUT2D eigenvalue weighted by molar-refractivity contribution is 7.47. The van der Waals surface area contributed by atoms with Gasteiger partial charge in [0.05, 0.1) is 39.9 Å². The number of quaternary nitrogens is 1. The first kappa shape index (κ1) is 62.5. The molecule has 0 aliphatic carbocycles. The predicted octanol–water partition coefficient (Wildman–Crippen LogP) is 16.0. The van der Waals surface area contributed by atoms with Crippen molar-refractivity contribution < 1.29 is 32.9 Å². The summed E-state index contributed by atoms with van der Waals surface area (Å²) in [4.78, 5) is 23.2. The quantitative estimate of drug-likeness (QED) is 0.0243. The summed E-state index contributed by atoms with van der Waals surface area (Å²) in [5.41, 5.74) is 0. The minimum absolute atomic E-state index is 0.0545. The van der Waals surface area contributed by atoms with Gasteiger partial charge < -0.3 is 19.8 Å². The Morgan fingerprint density at radius 2 is 0.906 bits per heavy atom. The molecule has 0 rings (SSSR count). The number of phosphoric ester groups is 1. The van der Waals surface area contributed by atoms with Gasteiger partial charge >= 0.3 is 7.82 Å². The maximum absolute atomic E-state index is 12.9. The highest BCUT2D eigenvalue weighted by atomic mass is 31.2. The molecular weight excluding hydrogens is 816 g/mol. The van der Waals surface area contributed by atoms with Crippen LogP contribution in [-0.4, -0.2) is 73.4 Å². The zero-order valence-electron chi connectivity index (χ0n) is 42.8. The first-order chi connectivity index (χ1) is 31.0. The maximum Gasteiger partial charge on any atom is 0.472 e. The molecule has 0 fully saturated rings. The number of aliphatic hydroxyl groups is 1. The van der Waals surface area contributed by atoms with Gasteiger partial charge in [-0.25, -0.2) is 4.57 Å². The molecule has 0 spiro atoms. The molecule has 0 heterocycles. The molecule has 3 N–H and O–H groups in total. The number of nitrogens with zero attached hydrogens (tertiary/aromatic N) is 1.